The van der Waals surface area contributed by atoms with Crippen LogP contribution in [0.5, 0.6) is 11.5 Å². The molecule has 0 spiro atoms. The van der Waals surface area contributed by atoms with Crippen molar-refractivity contribution in [3.63, 3.8) is 0 Å². The second-order valence-corrected chi connectivity index (χ2v) is 4.91. The maximum absolute atomic E-state index is 12.1. The normalized spacial score (nSPS) is 22.0. The molecule has 1 aliphatic heterocycles. The molecule has 2 rings (SSSR count). The Morgan fingerprint density at radius 1 is 1.48 bits per heavy atom. The number of benzene rings is 1. The third kappa shape index (κ3) is 2.67. The fraction of sp³-hybridized carbons (Fsp3) is 0.357. The Balaban J connectivity index is 2.22. The lowest BCUT2D eigenvalue weighted by Crippen LogP contribution is -2.42. The summed E-state index contributed by atoms with van der Waals surface area (Å²) in [6.45, 7) is 3.47. The highest BCUT2D eigenvalue weighted by atomic mass is 16.5. The summed E-state index contributed by atoms with van der Waals surface area (Å²) in [7, 11) is 1.43. The van der Waals surface area contributed by atoms with Gasteiger partial charge < -0.3 is 15.2 Å². The Morgan fingerprint density at radius 2 is 2.19 bits per heavy atom. The number of imide groups is 1. The number of hydrogen-bond donors (Lipinski definition) is 2. The Kier molecular flexibility index (Phi) is 3.84. The van der Waals surface area contributed by atoms with Gasteiger partial charge in [0.15, 0.2) is 11.5 Å². The van der Waals surface area contributed by atoms with E-state index in [2.05, 4.69) is 10.4 Å². The van der Waals surface area contributed by atoms with Gasteiger partial charge in [-0.3, -0.25) is 4.79 Å². The average Bonchev–Trinajstić information content (AvgIpc) is 2.69. The third-order valence-corrected chi connectivity index (χ3v) is 3.47. The molecule has 1 aliphatic rings. The van der Waals surface area contributed by atoms with Crippen LogP contribution in [0, 0.1) is 0 Å². The Hall–Kier alpha value is -2.57. The van der Waals surface area contributed by atoms with Gasteiger partial charge in [-0.25, -0.2) is 4.79 Å². The molecule has 2 N–H and O–H groups in total. The highest BCUT2D eigenvalue weighted by molar-refractivity contribution is 6.07. The van der Waals surface area contributed by atoms with Gasteiger partial charge >= 0.3 is 6.03 Å². The lowest BCUT2D eigenvalue weighted by Gasteiger charge is -2.17. The number of phenols is 1. The molecule has 1 aromatic carbocycles. The van der Waals surface area contributed by atoms with E-state index in [4.69, 9.17) is 4.74 Å². The number of carbonyl (C=O) groups excluding carboxylic acids is 2. The van der Waals surface area contributed by atoms with Crippen LogP contribution in [-0.4, -0.2) is 40.9 Å². The van der Waals surface area contributed by atoms with E-state index in [0.29, 0.717) is 12.0 Å². The third-order valence-electron chi connectivity index (χ3n) is 3.47. The summed E-state index contributed by atoms with van der Waals surface area (Å²) in [4.78, 5) is 23.9. The van der Waals surface area contributed by atoms with Crippen LogP contribution in [0.15, 0.2) is 23.3 Å². The molecular formula is C14H17N3O4. The van der Waals surface area contributed by atoms with E-state index in [-0.39, 0.29) is 11.5 Å². The summed E-state index contributed by atoms with van der Waals surface area (Å²) in [6.07, 6.45) is 1.84. The molecule has 7 heteroatoms. The van der Waals surface area contributed by atoms with Crippen LogP contribution in [0.3, 0.4) is 0 Å². The number of carbonyl (C=O) groups is 2. The van der Waals surface area contributed by atoms with Gasteiger partial charge in [0.25, 0.3) is 5.91 Å². The molecular weight excluding hydrogens is 274 g/mol. The summed E-state index contributed by atoms with van der Waals surface area (Å²) in [6, 6.07) is 4.04. The van der Waals surface area contributed by atoms with Crippen molar-refractivity contribution in [1.82, 2.24) is 10.3 Å². The summed E-state index contributed by atoms with van der Waals surface area (Å²) >= 11 is 0. The van der Waals surface area contributed by atoms with Crippen molar-refractivity contribution >= 4 is 18.2 Å². The van der Waals surface area contributed by atoms with E-state index < -0.39 is 17.5 Å². The second-order valence-electron chi connectivity index (χ2n) is 4.91. The molecule has 21 heavy (non-hydrogen) atoms. The lowest BCUT2D eigenvalue weighted by atomic mass is 10.00. The number of phenolic OH excluding ortho intramolecular Hbond substituents is 1. The van der Waals surface area contributed by atoms with E-state index in [1.807, 2.05) is 6.92 Å². The van der Waals surface area contributed by atoms with Gasteiger partial charge in [-0.1, -0.05) is 6.92 Å². The number of nitrogens with zero attached hydrogens (tertiary/aromatic N) is 2. The first-order chi connectivity index (χ1) is 9.91. The molecule has 1 heterocycles. The van der Waals surface area contributed by atoms with Crippen molar-refractivity contribution in [3.8, 4) is 11.5 Å². The number of amides is 3. The maximum atomic E-state index is 12.1. The van der Waals surface area contributed by atoms with Gasteiger partial charge in [-0.2, -0.15) is 5.10 Å². The van der Waals surface area contributed by atoms with Crippen molar-refractivity contribution in [3.05, 3.63) is 23.8 Å². The standard InChI is InChI=1S/C14H17N3O4/c1-4-14(2)12(19)17(13(20)16-14)15-8-9-5-6-10(18)11(7-9)21-3/h5-8,18H,4H2,1-3H3,(H,16,20)/b15-8+/t14-/m1/s1. The van der Waals surface area contributed by atoms with Crippen molar-refractivity contribution in [2.45, 2.75) is 25.8 Å². The molecule has 1 fully saturated rings. The molecule has 0 aliphatic carbocycles. The Morgan fingerprint density at radius 3 is 2.76 bits per heavy atom. The predicted molar refractivity (Wildman–Crippen MR) is 76.3 cm³/mol. The minimum absolute atomic E-state index is 0.00296. The molecule has 1 atom stereocenters. The lowest BCUT2D eigenvalue weighted by molar-refractivity contribution is -0.130. The summed E-state index contributed by atoms with van der Waals surface area (Å²) < 4.78 is 4.98. The highest BCUT2D eigenvalue weighted by Crippen LogP contribution is 2.26. The number of methoxy groups -OCH3 is 1. The highest BCUT2D eigenvalue weighted by Gasteiger charge is 2.46. The fourth-order valence-electron chi connectivity index (χ4n) is 1.91. The monoisotopic (exact) mass is 291 g/mol. The van der Waals surface area contributed by atoms with E-state index >= 15 is 0 Å². The number of hydrazone groups is 1. The molecule has 0 aromatic heterocycles. The first-order valence-corrected chi connectivity index (χ1v) is 6.49. The topological polar surface area (TPSA) is 91.2 Å². The van der Waals surface area contributed by atoms with E-state index in [9.17, 15) is 14.7 Å². The SMILES string of the molecule is CC[C@@]1(C)NC(=O)N(/N=C/c2ccc(O)c(OC)c2)C1=O. The zero-order valence-electron chi connectivity index (χ0n) is 12.1. The first kappa shape index (κ1) is 14.8. The zero-order chi connectivity index (χ0) is 15.6. The molecule has 0 radical (unpaired) electrons. The van der Waals surface area contributed by atoms with Crippen LogP contribution in [0.4, 0.5) is 4.79 Å². The molecule has 0 unspecified atom stereocenters. The number of aromatic hydroxyl groups is 1. The molecule has 112 valence electrons. The van der Waals surface area contributed by atoms with Crippen LogP contribution >= 0.6 is 0 Å². The van der Waals surface area contributed by atoms with Gasteiger partial charge in [0, 0.05) is 0 Å². The van der Waals surface area contributed by atoms with Crippen molar-refractivity contribution < 1.29 is 19.4 Å². The van der Waals surface area contributed by atoms with Gasteiger partial charge in [0.05, 0.1) is 13.3 Å². The summed E-state index contributed by atoms with van der Waals surface area (Å²) in [5.74, 6) is -0.102. The number of urea groups is 1. The van der Waals surface area contributed by atoms with Crippen LogP contribution in [0.25, 0.3) is 0 Å². The van der Waals surface area contributed by atoms with Gasteiger partial charge in [0.2, 0.25) is 0 Å². The molecule has 7 nitrogen and oxygen atoms in total. The number of hydrogen-bond acceptors (Lipinski definition) is 5. The van der Waals surface area contributed by atoms with Gasteiger partial charge in [-0.05, 0) is 37.1 Å². The molecule has 0 saturated carbocycles. The van der Waals surface area contributed by atoms with Gasteiger partial charge in [-0.15, -0.1) is 5.01 Å². The first-order valence-electron chi connectivity index (χ1n) is 6.49. The molecule has 1 saturated heterocycles. The minimum atomic E-state index is -0.916. The van der Waals surface area contributed by atoms with Crippen molar-refractivity contribution in [1.29, 1.82) is 0 Å². The summed E-state index contributed by atoms with van der Waals surface area (Å²) in [5.41, 5.74) is -0.323. The fourth-order valence-corrected chi connectivity index (χ4v) is 1.91. The quantitative estimate of drug-likeness (QED) is 0.649. The number of ether oxygens (including phenoxy) is 1. The van der Waals surface area contributed by atoms with Crippen molar-refractivity contribution in [2.75, 3.05) is 7.11 Å². The second kappa shape index (κ2) is 5.43. The van der Waals surface area contributed by atoms with Crippen LogP contribution in [-0.2, 0) is 4.79 Å². The molecule has 1 aromatic rings. The molecule has 3 amide bonds. The van der Waals surface area contributed by atoms with Gasteiger partial charge in [0.1, 0.15) is 5.54 Å². The number of rotatable bonds is 4. The predicted octanol–water partition coefficient (Wildman–Crippen LogP) is 1.46. The van der Waals surface area contributed by atoms with Crippen molar-refractivity contribution in [2.24, 2.45) is 5.10 Å². The molecule has 0 bridgehead atoms. The van der Waals surface area contributed by atoms with Crippen LogP contribution < -0.4 is 10.1 Å². The van der Waals surface area contributed by atoms with E-state index in [1.54, 1.807) is 19.1 Å². The minimum Gasteiger partial charge on any atom is -0.504 e. The summed E-state index contributed by atoms with van der Waals surface area (Å²) in [5, 5.41) is 16.8. The average molecular weight is 291 g/mol. The van der Waals surface area contributed by atoms with Crippen LogP contribution in [0.2, 0.25) is 0 Å². The maximum Gasteiger partial charge on any atom is 0.346 e. The Bertz CT molecular complexity index is 614. The Labute approximate surface area is 122 Å². The number of nitrogens with one attached hydrogen (secondary N) is 1. The van der Waals surface area contributed by atoms with E-state index in [0.717, 1.165) is 5.01 Å². The van der Waals surface area contributed by atoms with E-state index in [1.165, 1.54) is 19.4 Å². The largest absolute Gasteiger partial charge is 0.504 e. The van der Waals surface area contributed by atoms with Crippen LogP contribution in [0.1, 0.15) is 25.8 Å². The zero-order valence-corrected chi connectivity index (χ0v) is 12.1. The smallest absolute Gasteiger partial charge is 0.346 e.